The maximum absolute atomic E-state index is 14.0. The van der Waals surface area contributed by atoms with Gasteiger partial charge in [0.05, 0.1) is 5.41 Å². The molecule has 2 aromatic rings. The van der Waals surface area contributed by atoms with E-state index in [4.69, 9.17) is 14.2 Å². The summed E-state index contributed by atoms with van der Waals surface area (Å²) in [7, 11) is 0. The van der Waals surface area contributed by atoms with E-state index in [2.05, 4.69) is 0 Å². The van der Waals surface area contributed by atoms with E-state index in [1.54, 1.807) is 24.3 Å². The number of carbonyl (C=O) groups is 2. The van der Waals surface area contributed by atoms with Crippen molar-refractivity contribution in [2.24, 2.45) is 5.92 Å². The molecule has 0 aromatic heterocycles. The molecule has 0 saturated carbocycles. The molecule has 2 fully saturated rings. The van der Waals surface area contributed by atoms with Gasteiger partial charge in [-0.2, -0.15) is 0 Å². The van der Waals surface area contributed by atoms with Gasteiger partial charge in [0.25, 0.3) is 0 Å². The number of fused-ring (bicyclic) bond motifs is 1. The summed E-state index contributed by atoms with van der Waals surface area (Å²) in [6, 6.07) is 11.7. The monoisotopic (exact) mass is 453 g/mol. The van der Waals surface area contributed by atoms with Crippen LogP contribution in [0.1, 0.15) is 41.6 Å². The molecule has 33 heavy (non-hydrogen) atoms. The fourth-order valence-corrected chi connectivity index (χ4v) is 5.21. The van der Waals surface area contributed by atoms with Crippen LogP contribution in [0, 0.1) is 11.7 Å². The summed E-state index contributed by atoms with van der Waals surface area (Å²) >= 11 is 0. The Morgan fingerprint density at radius 1 is 0.909 bits per heavy atom. The molecule has 174 valence electrons. The summed E-state index contributed by atoms with van der Waals surface area (Å²) in [5.41, 5.74) is 0.558. The van der Waals surface area contributed by atoms with Crippen molar-refractivity contribution in [3.63, 3.8) is 0 Å². The number of likely N-dealkylation sites (tertiary alicyclic amines) is 1. The predicted octanol–water partition coefficient (Wildman–Crippen LogP) is 3.77. The van der Waals surface area contributed by atoms with E-state index in [1.807, 2.05) is 11.0 Å². The average Bonchev–Trinajstić information content (AvgIpc) is 2.88. The smallest absolute Gasteiger partial charge is 0.233 e. The average molecular weight is 454 g/mol. The first kappa shape index (κ1) is 21.9. The summed E-state index contributed by atoms with van der Waals surface area (Å²) < 4.78 is 30.7. The highest BCUT2D eigenvalue weighted by Crippen LogP contribution is 2.38. The number of hydrogen-bond acceptors (Lipinski definition) is 5. The van der Waals surface area contributed by atoms with E-state index < -0.39 is 5.41 Å². The zero-order valence-corrected chi connectivity index (χ0v) is 18.6. The molecule has 3 aliphatic heterocycles. The number of Topliss-reactive ketones (excluding diaryl/α,β-unsaturated/α-hetero) is 1. The molecule has 0 N–H and O–H groups in total. The molecule has 6 nitrogen and oxygen atoms in total. The second-order valence-electron chi connectivity index (χ2n) is 8.99. The van der Waals surface area contributed by atoms with Crippen molar-refractivity contribution < 1.29 is 28.2 Å². The van der Waals surface area contributed by atoms with Gasteiger partial charge in [0.1, 0.15) is 19.0 Å². The first-order chi connectivity index (χ1) is 16.1. The van der Waals surface area contributed by atoms with Gasteiger partial charge in [-0.3, -0.25) is 9.59 Å². The number of nitrogens with zero attached hydrogens (tertiary/aromatic N) is 1. The number of rotatable bonds is 4. The lowest BCUT2D eigenvalue weighted by Crippen LogP contribution is -2.52. The van der Waals surface area contributed by atoms with Gasteiger partial charge >= 0.3 is 0 Å². The fourth-order valence-electron chi connectivity index (χ4n) is 5.21. The molecule has 0 bridgehead atoms. The lowest BCUT2D eigenvalue weighted by atomic mass is 9.72. The highest BCUT2D eigenvalue weighted by Gasteiger charge is 2.45. The van der Waals surface area contributed by atoms with Gasteiger partial charge < -0.3 is 19.1 Å². The molecule has 0 atom stereocenters. The standard InChI is InChI=1S/C26H28FNO5/c27-21-3-1-2-20(17-21)26(8-12-31-13-9-26)25(30)28-10-6-18(7-11-28)24(29)19-4-5-22-23(16-19)33-15-14-32-22/h1-5,16-18H,6-15H2. The Hall–Kier alpha value is -2.93. The molecule has 3 heterocycles. The Morgan fingerprint density at radius 2 is 1.64 bits per heavy atom. The van der Waals surface area contributed by atoms with Gasteiger partial charge in [-0.1, -0.05) is 12.1 Å². The molecule has 7 heteroatoms. The summed E-state index contributed by atoms with van der Waals surface area (Å²) in [4.78, 5) is 28.7. The fraction of sp³-hybridized carbons (Fsp3) is 0.462. The van der Waals surface area contributed by atoms with Crippen molar-refractivity contribution in [1.29, 1.82) is 0 Å². The molecule has 2 saturated heterocycles. The minimum Gasteiger partial charge on any atom is -0.486 e. The van der Waals surface area contributed by atoms with Crippen LogP contribution in [0.25, 0.3) is 0 Å². The summed E-state index contributed by atoms with van der Waals surface area (Å²) in [5, 5.41) is 0. The van der Waals surface area contributed by atoms with Crippen molar-refractivity contribution in [1.82, 2.24) is 4.90 Å². The van der Waals surface area contributed by atoms with Crippen LogP contribution in [0.5, 0.6) is 11.5 Å². The maximum Gasteiger partial charge on any atom is 0.233 e. The Bertz CT molecular complexity index is 1040. The number of halogens is 1. The molecule has 2 aromatic carbocycles. The molecule has 0 spiro atoms. The maximum atomic E-state index is 14.0. The number of ether oxygens (including phenoxy) is 3. The number of amides is 1. The first-order valence-electron chi connectivity index (χ1n) is 11.6. The molecule has 5 rings (SSSR count). The van der Waals surface area contributed by atoms with Crippen LogP contribution >= 0.6 is 0 Å². The van der Waals surface area contributed by atoms with E-state index in [-0.39, 0.29) is 23.4 Å². The number of benzene rings is 2. The van der Waals surface area contributed by atoms with Gasteiger partial charge in [0, 0.05) is 37.8 Å². The Morgan fingerprint density at radius 3 is 2.36 bits per heavy atom. The van der Waals surface area contributed by atoms with E-state index in [0.29, 0.717) is 87.8 Å². The second kappa shape index (κ2) is 9.14. The van der Waals surface area contributed by atoms with Crippen molar-refractivity contribution in [2.75, 3.05) is 39.5 Å². The lowest BCUT2D eigenvalue weighted by molar-refractivity contribution is -0.142. The van der Waals surface area contributed by atoms with E-state index in [0.717, 1.165) is 0 Å². The molecule has 3 aliphatic rings. The highest BCUT2D eigenvalue weighted by atomic mass is 19.1. The Balaban J connectivity index is 1.29. The van der Waals surface area contributed by atoms with Gasteiger partial charge in [-0.05, 0) is 61.6 Å². The molecule has 0 aliphatic carbocycles. The minimum atomic E-state index is -0.771. The molecular formula is C26H28FNO5. The van der Waals surface area contributed by atoms with Crippen LogP contribution in [0.15, 0.2) is 42.5 Å². The van der Waals surface area contributed by atoms with E-state index >= 15 is 0 Å². The lowest BCUT2D eigenvalue weighted by Gasteiger charge is -2.42. The first-order valence-corrected chi connectivity index (χ1v) is 11.6. The van der Waals surface area contributed by atoms with Gasteiger partial charge in [0.15, 0.2) is 17.3 Å². The summed E-state index contributed by atoms with van der Waals surface area (Å²) in [6.45, 7) is 2.96. The molecule has 0 unspecified atom stereocenters. The van der Waals surface area contributed by atoms with Crippen LogP contribution in [0.2, 0.25) is 0 Å². The van der Waals surface area contributed by atoms with Gasteiger partial charge in [-0.15, -0.1) is 0 Å². The third-order valence-corrected chi connectivity index (χ3v) is 7.11. The third-order valence-electron chi connectivity index (χ3n) is 7.11. The topological polar surface area (TPSA) is 65.1 Å². The zero-order chi connectivity index (χ0) is 22.8. The minimum absolute atomic E-state index is 0.0154. The largest absolute Gasteiger partial charge is 0.486 e. The third kappa shape index (κ3) is 4.22. The Labute approximate surface area is 192 Å². The number of ketones is 1. The van der Waals surface area contributed by atoms with Crippen molar-refractivity contribution in [3.8, 4) is 11.5 Å². The van der Waals surface area contributed by atoms with Crippen molar-refractivity contribution >= 4 is 11.7 Å². The Kier molecular flexibility index (Phi) is 6.06. The highest BCUT2D eigenvalue weighted by molar-refractivity contribution is 5.98. The van der Waals surface area contributed by atoms with Crippen molar-refractivity contribution in [2.45, 2.75) is 31.1 Å². The summed E-state index contributed by atoms with van der Waals surface area (Å²) in [5.74, 6) is 0.881. The normalized spacial score (nSPS) is 20.3. The van der Waals surface area contributed by atoms with Gasteiger partial charge in [-0.25, -0.2) is 4.39 Å². The van der Waals surface area contributed by atoms with E-state index in [1.165, 1.54) is 12.1 Å². The predicted molar refractivity (Wildman–Crippen MR) is 119 cm³/mol. The SMILES string of the molecule is O=C(c1ccc2c(c1)OCCO2)C1CCN(C(=O)C2(c3cccc(F)c3)CCOCC2)CC1. The number of hydrogen-bond donors (Lipinski definition) is 0. The molecule has 0 radical (unpaired) electrons. The van der Waals surface area contributed by atoms with Crippen LogP contribution in [0.4, 0.5) is 4.39 Å². The van der Waals surface area contributed by atoms with Gasteiger partial charge in [0.2, 0.25) is 5.91 Å². The second-order valence-corrected chi connectivity index (χ2v) is 8.99. The quantitative estimate of drug-likeness (QED) is 0.660. The van der Waals surface area contributed by atoms with Crippen LogP contribution in [-0.4, -0.2) is 56.1 Å². The molecule has 1 amide bonds. The molecular weight excluding hydrogens is 425 g/mol. The van der Waals surface area contributed by atoms with E-state index in [9.17, 15) is 14.0 Å². The van der Waals surface area contributed by atoms with Crippen LogP contribution < -0.4 is 9.47 Å². The number of carbonyl (C=O) groups excluding carboxylic acids is 2. The van der Waals surface area contributed by atoms with Crippen LogP contribution in [-0.2, 0) is 14.9 Å². The van der Waals surface area contributed by atoms with Crippen molar-refractivity contribution in [3.05, 3.63) is 59.4 Å². The van der Waals surface area contributed by atoms with Crippen LogP contribution in [0.3, 0.4) is 0 Å². The number of piperidine rings is 1. The summed E-state index contributed by atoms with van der Waals surface area (Å²) in [6.07, 6.45) is 2.28. The zero-order valence-electron chi connectivity index (χ0n) is 18.6.